The van der Waals surface area contributed by atoms with Crippen molar-refractivity contribution in [3.05, 3.63) is 70.1 Å². The summed E-state index contributed by atoms with van der Waals surface area (Å²) in [6, 6.07) is 12.8. The lowest BCUT2D eigenvalue weighted by Crippen LogP contribution is -2.37. The number of nitrogens with zero attached hydrogens (tertiary/aromatic N) is 4. The average molecular weight is 421 g/mol. The molecule has 2 aliphatic heterocycles. The fourth-order valence-corrected chi connectivity index (χ4v) is 5.78. The zero-order chi connectivity index (χ0) is 20.2. The van der Waals surface area contributed by atoms with Gasteiger partial charge in [0, 0.05) is 38.4 Å². The van der Waals surface area contributed by atoms with Crippen LogP contribution >= 0.6 is 11.6 Å². The van der Waals surface area contributed by atoms with Gasteiger partial charge in [-0.15, -0.1) is 0 Å². The molecular formula is C24H25ClN4O. The Morgan fingerprint density at radius 3 is 2.80 bits per heavy atom. The lowest BCUT2D eigenvalue weighted by atomic mass is 9.99. The Kier molecular flexibility index (Phi) is 4.36. The average Bonchev–Trinajstić information content (AvgIpc) is 3.48. The number of carbonyl (C=O) groups excluding carboxylic acids is 1. The Bertz CT molecular complexity index is 1140. The molecule has 0 spiro atoms. The maximum atomic E-state index is 13.6. The molecule has 154 valence electrons. The zero-order valence-corrected chi connectivity index (χ0v) is 17.7. The van der Waals surface area contributed by atoms with Gasteiger partial charge in [-0.1, -0.05) is 35.9 Å². The van der Waals surface area contributed by atoms with Gasteiger partial charge in [-0.05, 0) is 54.9 Å². The van der Waals surface area contributed by atoms with E-state index in [4.69, 9.17) is 16.6 Å². The number of rotatable bonds is 3. The molecule has 1 amide bonds. The third-order valence-corrected chi connectivity index (χ3v) is 7.40. The van der Waals surface area contributed by atoms with Crippen LogP contribution in [0.5, 0.6) is 0 Å². The monoisotopic (exact) mass is 420 g/mol. The minimum atomic E-state index is 0.0312. The maximum absolute atomic E-state index is 13.6. The van der Waals surface area contributed by atoms with Crippen LogP contribution in [0.1, 0.15) is 46.6 Å². The van der Waals surface area contributed by atoms with Gasteiger partial charge in [0.1, 0.15) is 5.65 Å². The largest absolute Gasteiger partial charge is 0.333 e. The van der Waals surface area contributed by atoms with Crippen LogP contribution in [0, 0.1) is 5.92 Å². The van der Waals surface area contributed by atoms with Crippen molar-refractivity contribution in [1.82, 2.24) is 19.2 Å². The summed E-state index contributed by atoms with van der Waals surface area (Å²) in [6.07, 6.45) is 6.71. The molecule has 0 unspecified atom stereocenters. The molecule has 6 heteroatoms. The van der Waals surface area contributed by atoms with E-state index in [1.165, 1.54) is 30.4 Å². The van der Waals surface area contributed by atoms with E-state index in [-0.39, 0.29) is 5.91 Å². The second-order valence-electron chi connectivity index (χ2n) is 8.99. The Morgan fingerprint density at radius 2 is 2.00 bits per heavy atom. The summed E-state index contributed by atoms with van der Waals surface area (Å²) >= 11 is 6.31. The van der Waals surface area contributed by atoms with Crippen molar-refractivity contribution in [2.75, 3.05) is 13.1 Å². The first-order chi connectivity index (χ1) is 14.7. The number of aromatic nitrogens is 2. The van der Waals surface area contributed by atoms with E-state index in [9.17, 15) is 4.79 Å². The van der Waals surface area contributed by atoms with Crippen LogP contribution < -0.4 is 0 Å². The third kappa shape index (κ3) is 3.03. The fraction of sp³-hybridized carbons (Fsp3) is 0.417. The highest BCUT2D eigenvalue weighted by atomic mass is 35.5. The smallest absolute Gasteiger partial charge is 0.274 e. The highest BCUT2D eigenvalue weighted by Gasteiger charge is 2.39. The van der Waals surface area contributed by atoms with Crippen LogP contribution in [0.2, 0.25) is 5.02 Å². The Balaban J connectivity index is 1.36. The van der Waals surface area contributed by atoms with Gasteiger partial charge in [0.05, 0.1) is 10.7 Å². The normalized spacial score (nSPS) is 23.3. The number of carbonyl (C=O) groups is 1. The lowest BCUT2D eigenvalue weighted by Gasteiger charge is -2.29. The van der Waals surface area contributed by atoms with E-state index < -0.39 is 0 Å². The van der Waals surface area contributed by atoms with Crippen LogP contribution in [0.3, 0.4) is 0 Å². The molecular weight excluding hydrogens is 396 g/mol. The maximum Gasteiger partial charge on any atom is 0.274 e. The first-order valence-electron chi connectivity index (χ1n) is 10.9. The van der Waals surface area contributed by atoms with E-state index >= 15 is 0 Å². The van der Waals surface area contributed by atoms with Crippen LogP contribution in [0.25, 0.3) is 5.65 Å². The zero-order valence-electron chi connectivity index (χ0n) is 16.9. The molecule has 0 radical (unpaired) electrons. The minimum Gasteiger partial charge on any atom is -0.333 e. The molecule has 1 aromatic carbocycles. The summed E-state index contributed by atoms with van der Waals surface area (Å²) < 4.78 is 2.03. The highest BCUT2D eigenvalue weighted by Crippen LogP contribution is 2.38. The van der Waals surface area contributed by atoms with Crippen LogP contribution in [0.15, 0.2) is 42.6 Å². The number of hydrogen-bond acceptors (Lipinski definition) is 3. The molecule has 2 aromatic heterocycles. The van der Waals surface area contributed by atoms with Crippen molar-refractivity contribution >= 4 is 23.2 Å². The molecule has 6 rings (SSSR count). The standard InChI is InChI=1S/C24H25ClN4O/c25-19-6-8-22-26-23(24(30)27-10-9-17-3-1-2-4-18(17)13-27)21(29(22)14-19)15-28-12-16-5-7-20(28)11-16/h1-4,6,8,14,16,20H,5,7,9-13,15H2/t16-,20-/m0/s1. The van der Waals surface area contributed by atoms with E-state index in [0.29, 0.717) is 23.3 Å². The Labute approximate surface area is 181 Å². The summed E-state index contributed by atoms with van der Waals surface area (Å²) in [4.78, 5) is 22.9. The van der Waals surface area contributed by atoms with Crippen molar-refractivity contribution in [1.29, 1.82) is 0 Å². The minimum absolute atomic E-state index is 0.0312. The van der Waals surface area contributed by atoms with Gasteiger partial charge >= 0.3 is 0 Å². The van der Waals surface area contributed by atoms with E-state index in [1.54, 1.807) is 0 Å². The number of benzene rings is 1. The topological polar surface area (TPSA) is 40.9 Å². The number of imidazole rings is 1. The highest BCUT2D eigenvalue weighted by molar-refractivity contribution is 6.30. The van der Waals surface area contributed by atoms with Crippen molar-refractivity contribution in [3.63, 3.8) is 0 Å². The molecule has 5 nitrogen and oxygen atoms in total. The van der Waals surface area contributed by atoms with Crippen LogP contribution in [-0.4, -0.2) is 44.2 Å². The van der Waals surface area contributed by atoms with Crippen molar-refractivity contribution < 1.29 is 4.79 Å². The summed E-state index contributed by atoms with van der Waals surface area (Å²) in [7, 11) is 0. The molecule has 3 aromatic rings. The molecule has 4 heterocycles. The molecule has 1 saturated carbocycles. The predicted octanol–water partition coefficient (Wildman–Crippen LogP) is 4.17. The van der Waals surface area contributed by atoms with Gasteiger partial charge in [-0.25, -0.2) is 4.98 Å². The number of piperidine rings is 1. The summed E-state index contributed by atoms with van der Waals surface area (Å²) in [6.45, 7) is 3.27. The van der Waals surface area contributed by atoms with E-state index in [2.05, 4.69) is 23.1 Å². The number of hydrogen-bond donors (Lipinski definition) is 0. The lowest BCUT2D eigenvalue weighted by molar-refractivity contribution is 0.0726. The first kappa shape index (κ1) is 18.4. The third-order valence-electron chi connectivity index (χ3n) is 7.18. The Morgan fingerprint density at radius 1 is 1.13 bits per heavy atom. The molecule has 3 aliphatic rings. The van der Waals surface area contributed by atoms with E-state index in [1.807, 2.05) is 33.7 Å². The summed E-state index contributed by atoms with van der Waals surface area (Å²) in [5.41, 5.74) is 4.93. The van der Waals surface area contributed by atoms with Gasteiger partial charge in [0.2, 0.25) is 0 Å². The second kappa shape index (κ2) is 7.10. The molecule has 0 N–H and O–H groups in total. The van der Waals surface area contributed by atoms with Crippen molar-refractivity contribution in [3.8, 4) is 0 Å². The Hall–Kier alpha value is -2.37. The number of amides is 1. The van der Waals surface area contributed by atoms with Crippen molar-refractivity contribution in [2.24, 2.45) is 5.92 Å². The predicted molar refractivity (Wildman–Crippen MR) is 117 cm³/mol. The van der Waals surface area contributed by atoms with Gasteiger partial charge in [-0.3, -0.25) is 9.69 Å². The van der Waals surface area contributed by atoms with Crippen LogP contribution in [-0.2, 0) is 19.5 Å². The summed E-state index contributed by atoms with van der Waals surface area (Å²) in [5, 5.41) is 0.662. The number of halogens is 1. The quantitative estimate of drug-likeness (QED) is 0.638. The number of pyridine rings is 1. The van der Waals surface area contributed by atoms with Crippen LogP contribution in [0.4, 0.5) is 0 Å². The van der Waals surface area contributed by atoms with Gasteiger partial charge in [-0.2, -0.15) is 0 Å². The second-order valence-corrected chi connectivity index (χ2v) is 9.43. The van der Waals surface area contributed by atoms with Gasteiger partial charge in [0.15, 0.2) is 5.69 Å². The van der Waals surface area contributed by atoms with E-state index in [0.717, 1.165) is 43.3 Å². The fourth-order valence-electron chi connectivity index (χ4n) is 5.62. The molecule has 1 aliphatic carbocycles. The molecule has 1 saturated heterocycles. The first-order valence-corrected chi connectivity index (χ1v) is 11.3. The molecule has 2 atom stereocenters. The molecule has 2 fully saturated rings. The van der Waals surface area contributed by atoms with Gasteiger partial charge < -0.3 is 9.30 Å². The SMILES string of the molecule is O=C(c1nc2ccc(Cl)cn2c1CN1C[C@H]2CC[C@H]1C2)N1CCc2ccccc2C1. The van der Waals surface area contributed by atoms with Crippen molar-refractivity contribution in [2.45, 2.75) is 44.8 Å². The summed E-state index contributed by atoms with van der Waals surface area (Å²) in [5.74, 6) is 0.846. The number of fused-ring (bicyclic) bond motifs is 4. The van der Waals surface area contributed by atoms with Gasteiger partial charge in [0.25, 0.3) is 5.91 Å². The number of likely N-dealkylation sites (tertiary alicyclic amines) is 1. The molecule has 2 bridgehead atoms. The molecule has 30 heavy (non-hydrogen) atoms.